The second-order valence-electron chi connectivity index (χ2n) is 12.1. The van der Waals surface area contributed by atoms with Gasteiger partial charge >= 0.3 is 5.97 Å². The molecule has 4 heterocycles. The zero-order valence-corrected chi connectivity index (χ0v) is 25.7. The van der Waals surface area contributed by atoms with Gasteiger partial charge in [0, 0.05) is 49.0 Å². The van der Waals surface area contributed by atoms with Crippen LogP contribution in [0, 0.1) is 0 Å². The lowest BCUT2D eigenvalue weighted by Crippen LogP contribution is -2.49. The van der Waals surface area contributed by atoms with Crippen molar-refractivity contribution < 1.29 is 18.3 Å². The number of nitrogens with zero attached hydrogens (tertiary/aromatic N) is 7. The number of nitrogens with one attached hydrogen (secondary N) is 1. The summed E-state index contributed by atoms with van der Waals surface area (Å²) < 4.78 is 31.4. The van der Waals surface area contributed by atoms with Crippen LogP contribution in [0.4, 0.5) is 11.5 Å². The molecule has 0 unspecified atom stereocenters. The Balaban J connectivity index is 1.11. The summed E-state index contributed by atoms with van der Waals surface area (Å²) in [4.78, 5) is 25.0. The van der Waals surface area contributed by atoms with Crippen molar-refractivity contribution in [3.63, 3.8) is 0 Å². The van der Waals surface area contributed by atoms with Crippen LogP contribution in [0.15, 0.2) is 58.1 Å². The molecule has 2 aromatic carbocycles. The number of anilines is 2. The molecule has 234 valence electrons. The molecule has 1 aliphatic carbocycles. The number of aromatic nitrogens is 4. The Morgan fingerprint density at radius 2 is 1.71 bits per heavy atom. The molecule has 1 saturated carbocycles. The molecule has 7 rings (SSSR count). The third-order valence-corrected chi connectivity index (χ3v) is 10.5. The molecule has 45 heavy (non-hydrogen) atoms. The number of amidine groups is 1. The van der Waals surface area contributed by atoms with Gasteiger partial charge in [-0.2, -0.15) is 13.5 Å². The molecular weight excluding hydrogens is 594 g/mol. The van der Waals surface area contributed by atoms with Gasteiger partial charge in [-0.15, -0.1) is 4.40 Å². The highest BCUT2D eigenvalue weighted by Gasteiger charge is 2.32. The second kappa shape index (κ2) is 11.5. The van der Waals surface area contributed by atoms with Crippen molar-refractivity contribution in [1.29, 1.82) is 0 Å². The van der Waals surface area contributed by atoms with E-state index in [4.69, 9.17) is 15.9 Å². The molecule has 0 spiro atoms. The van der Waals surface area contributed by atoms with Crippen LogP contribution in [0.2, 0.25) is 0 Å². The first-order valence-corrected chi connectivity index (χ1v) is 16.6. The summed E-state index contributed by atoms with van der Waals surface area (Å²) in [7, 11) is -1.76. The van der Waals surface area contributed by atoms with Crippen molar-refractivity contribution in [1.82, 2.24) is 29.5 Å². The standard InChI is InChI=1S/C31H35N9O4S/c1-38-12-14-39(15-13-38)22-7-9-23(10-8-22)40-31-27(29(32)33-18-34-31)28(36-40)20-3-5-21(6-4-20)35-30-24-11-2-19(17-26(41)42)16-25(24)45(43,44)37-30/h2-6,11,16,18,22-23H,7-10,12-15,17H2,1H3,(H,35,37)(H,41,42)(H2,32,33,34). The molecule has 0 amide bonds. The van der Waals surface area contributed by atoms with Gasteiger partial charge in [-0.3, -0.25) is 9.69 Å². The summed E-state index contributed by atoms with van der Waals surface area (Å²) >= 11 is 0. The largest absolute Gasteiger partial charge is 0.481 e. The Bertz CT molecular complexity index is 1910. The van der Waals surface area contributed by atoms with E-state index in [0.717, 1.165) is 68.5 Å². The minimum atomic E-state index is -3.95. The SMILES string of the molecule is CN1CCN(C2CCC(n3nc(-c4ccc(NC5=NS(=O)(=O)c6cc(CC(=O)O)ccc65)cc4)c4c(N)ncnc43)CC2)CC1. The monoisotopic (exact) mass is 629 g/mol. The lowest BCUT2D eigenvalue weighted by atomic mass is 9.90. The van der Waals surface area contributed by atoms with E-state index in [-0.39, 0.29) is 23.2 Å². The average molecular weight is 630 g/mol. The summed E-state index contributed by atoms with van der Waals surface area (Å²) in [5.41, 5.74) is 10.1. The molecule has 14 heteroatoms. The van der Waals surface area contributed by atoms with Gasteiger partial charge in [-0.25, -0.2) is 14.6 Å². The Morgan fingerprint density at radius 1 is 1.00 bits per heavy atom. The number of nitrogen functional groups attached to an aromatic ring is 1. The predicted octanol–water partition coefficient (Wildman–Crippen LogP) is 2.99. The normalized spacial score (nSPS) is 21.8. The van der Waals surface area contributed by atoms with Gasteiger partial charge in [0.15, 0.2) is 11.5 Å². The fourth-order valence-electron chi connectivity index (χ4n) is 6.72. The molecule has 4 aromatic rings. The van der Waals surface area contributed by atoms with Crippen molar-refractivity contribution in [3.05, 3.63) is 59.9 Å². The average Bonchev–Trinajstić information content (AvgIpc) is 3.53. The first-order valence-electron chi connectivity index (χ1n) is 15.1. The number of piperazine rings is 1. The van der Waals surface area contributed by atoms with E-state index in [2.05, 4.69) is 36.5 Å². The highest BCUT2D eigenvalue weighted by molar-refractivity contribution is 7.90. The zero-order chi connectivity index (χ0) is 31.3. The van der Waals surface area contributed by atoms with Crippen molar-refractivity contribution in [2.24, 2.45) is 4.40 Å². The summed E-state index contributed by atoms with van der Waals surface area (Å²) in [5, 5.41) is 18.0. The minimum absolute atomic E-state index is 0.00887. The number of nitrogens with two attached hydrogens (primary N) is 1. The number of sulfonamides is 1. The minimum Gasteiger partial charge on any atom is -0.481 e. The quantitative estimate of drug-likeness (QED) is 0.286. The van der Waals surface area contributed by atoms with E-state index in [1.165, 1.54) is 12.4 Å². The molecular formula is C31H35N9O4S. The molecule has 2 aromatic heterocycles. The molecule has 1 saturated heterocycles. The highest BCUT2D eigenvalue weighted by atomic mass is 32.2. The third kappa shape index (κ3) is 5.64. The maximum atomic E-state index is 12.7. The number of carboxylic acid groups (broad SMARTS) is 1. The summed E-state index contributed by atoms with van der Waals surface area (Å²) in [6.45, 7) is 4.48. The van der Waals surface area contributed by atoms with Crippen molar-refractivity contribution in [3.8, 4) is 11.3 Å². The zero-order valence-electron chi connectivity index (χ0n) is 24.9. The van der Waals surface area contributed by atoms with Crippen LogP contribution in [-0.4, -0.2) is 94.1 Å². The van der Waals surface area contributed by atoms with Gasteiger partial charge in [0.05, 0.1) is 17.8 Å². The second-order valence-corrected chi connectivity index (χ2v) is 13.6. The van der Waals surface area contributed by atoms with Gasteiger partial charge in [0.1, 0.15) is 22.7 Å². The van der Waals surface area contributed by atoms with Gasteiger partial charge in [0.25, 0.3) is 10.0 Å². The van der Waals surface area contributed by atoms with Crippen LogP contribution in [0.5, 0.6) is 0 Å². The number of aliphatic carboxylic acids is 1. The van der Waals surface area contributed by atoms with Crippen molar-refractivity contribution >= 4 is 44.4 Å². The van der Waals surface area contributed by atoms with Crippen LogP contribution in [0.25, 0.3) is 22.3 Å². The van der Waals surface area contributed by atoms with E-state index >= 15 is 0 Å². The van der Waals surface area contributed by atoms with Crippen LogP contribution >= 0.6 is 0 Å². The number of likely N-dealkylation sites (N-methyl/N-ethyl adjacent to an activating group) is 1. The number of carbonyl (C=O) groups is 1. The smallest absolute Gasteiger partial charge is 0.307 e. The number of benzene rings is 2. The lowest BCUT2D eigenvalue weighted by Gasteiger charge is -2.41. The maximum Gasteiger partial charge on any atom is 0.307 e. The van der Waals surface area contributed by atoms with Crippen LogP contribution in [0.1, 0.15) is 42.9 Å². The Hall–Kier alpha value is -4.40. The summed E-state index contributed by atoms with van der Waals surface area (Å²) in [5.74, 6) is -0.484. The number of hydrogen-bond donors (Lipinski definition) is 3. The molecule has 2 aliphatic heterocycles. The van der Waals surface area contributed by atoms with E-state index in [1.807, 2.05) is 28.9 Å². The Labute approximate surface area is 260 Å². The van der Waals surface area contributed by atoms with E-state index in [9.17, 15) is 13.2 Å². The fraction of sp³-hybridized carbons (Fsp3) is 0.387. The third-order valence-electron chi connectivity index (χ3n) is 9.15. The molecule has 2 fully saturated rings. The highest BCUT2D eigenvalue weighted by Crippen LogP contribution is 2.37. The number of fused-ring (bicyclic) bond motifs is 2. The van der Waals surface area contributed by atoms with E-state index in [0.29, 0.717) is 34.4 Å². The Kier molecular flexibility index (Phi) is 7.50. The van der Waals surface area contributed by atoms with Crippen LogP contribution in [0.3, 0.4) is 0 Å². The predicted molar refractivity (Wildman–Crippen MR) is 171 cm³/mol. The fourth-order valence-corrected chi connectivity index (χ4v) is 7.95. The molecule has 0 radical (unpaired) electrons. The summed E-state index contributed by atoms with van der Waals surface area (Å²) in [6.07, 6.45) is 5.49. The molecule has 0 atom stereocenters. The van der Waals surface area contributed by atoms with Crippen molar-refractivity contribution in [2.75, 3.05) is 44.3 Å². The van der Waals surface area contributed by atoms with E-state index < -0.39 is 16.0 Å². The first kappa shape index (κ1) is 29.3. The van der Waals surface area contributed by atoms with Crippen LogP contribution < -0.4 is 11.1 Å². The van der Waals surface area contributed by atoms with Crippen molar-refractivity contribution in [2.45, 2.75) is 49.1 Å². The van der Waals surface area contributed by atoms with Gasteiger partial charge < -0.3 is 21.1 Å². The molecule has 4 N–H and O–H groups in total. The molecule has 0 bridgehead atoms. The summed E-state index contributed by atoms with van der Waals surface area (Å²) in [6, 6.07) is 12.8. The number of rotatable bonds is 6. The topological polar surface area (TPSA) is 172 Å². The maximum absolute atomic E-state index is 12.7. The van der Waals surface area contributed by atoms with Gasteiger partial charge in [0.2, 0.25) is 0 Å². The van der Waals surface area contributed by atoms with Crippen LogP contribution in [-0.2, 0) is 21.2 Å². The van der Waals surface area contributed by atoms with E-state index in [1.54, 1.807) is 12.1 Å². The Morgan fingerprint density at radius 3 is 2.42 bits per heavy atom. The number of hydrogen-bond acceptors (Lipinski definition) is 10. The lowest BCUT2D eigenvalue weighted by molar-refractivity contribution is -0.136. The molecule has 13 nitrogen and oxygen atoms in total. The number of carboxylic acids is 1. The first-order chi connectivity index (χ1) is 21.7. The van der Waals surface area contributed by atoms with Gasteiger partial charge in [-0.05, 0) is 62.6 Å². The molecule has 3 aliphatic rings. The van der Waals surface area contributed by atoms with Gasteiger partial charge in [-0.1, -0.05) is 18.2 Å².